The van der Waals surface area contributed by atoms with Gasteiger partial charge >= 0.3 is 0 Å². The first-order valence-electron chi connectivity index (χ1n) is 7.47. The van der Waals surface area contributed by atoms with Gasteiger partial charge in [0.05, 0.1) is 26.4 Å². The molecule has 0 radical (unpaired) electrons. The largest absolute Gasteiger partial charge is 0.376 e. The number of rotatable bonds is 3. The van der Waals surface area contributed by atoms with E-state index in [2.05, 4.69) is 31.0 Å². The quantitative estimate of drug-likeness (QED) is 0.421. The molecule has 0 bridgehead atoms. The zero-order chi connectivity index (χ0) is 14.4. The number of halogens is 1. The Kier molecular flexibility index (Phi) is 8.66. The highest BCUT2D eigenvalue weighted by atomic mass is 127. The normalized spacial score (nSPS) is 26.1. The monoisotopic (exact) mass is 429 g/mol. The Morgan fingerprint density at radius 3 is 2.86 bits per heavy atom. The number of thioether (sulfide) groups is 1. The molecular formula is C14H28IN3O2S. The first-order valence-corrected chi connectivity index (χ1v) is 8.46. The summed E-state index contributed by atoms with van der Waals surface area (Å²) in [7, 11) is 0. The fourth-order valence-corrected chi connectivity index (χ4v) is 3.56. The average Bonchev–Trinajstić information content (AvgIpc) is 2.43. The third-order valence-electron chi connectivity index (χ3n) is 3.39. The van der Waals surface area contributed by atoms with Crippen LogP contribution in [0.4, 0.5) is 0 Å². The highest BCUT2D eigenvalue weighted by molar-refractivity contribution is 14.0. The van der Waals surface area contributed by atoms with Gasteiger partial charge in [-0.3, -0.25) is 4.99 Å². The predicted molar refractivity (Wildman–Crippen MR) is 100 cm³/mol. The second-order valence-corrected chi connectivity index (χ2v) is 7.59. The van der Waals surface area contributed by atoms with Crippen LogP contribution in [0.5, 0.6) is 0 Å². The van der Waals surface area contributed by atoms with Crippen molar-refractivity contribution in [3.05, 3.63) is 0 Å². The van der Waals surface area contributed by atoms with Crippen molar-refractivity contribution in [1.82, 2.24) is 10.2 Å². The molecule has 2 rings (SSSR count). The minimum absolute atomic E-state index is 0. The molecule has 5 nitrogen and oxygen atoms in total. The highest BCUT2D eigenvalue weighted by Gasteiger charge is 2.28. The molecule has 1 N–H and O–H groups in total. The molecule has 0 spiro atoms. The van der Waals surface area contributed by atoms with Crippen molar-refractivity contribution >= 4 is 41.7 Å². The minimum Gasteiger partial charge on any atom is -0.376 e. The summed E-state index contributed by atoms with van der Waals surface area (Å²) in [4.78, 5) is 7.11. The van der Waals surface area contributed by atoms with Crippen molar-refractivity contribution in [3.8, 4) is 0 Å². The first-order chi connectivity index (χ1) is 9.61. The molecule has 0 aliphatic carbocycles. The highest BCUT2D eigenvalue weighted by Crippen LogP contribution is 2.29. The molecule has 0 aromatic heterocycles. The number of ether oxygens (including phenoxy) is 2. The van der Waals surface area contributed by atoms with Gasteiger partial charge in [-0.15, -0.1) is 24.0 Å². The third-order valence-corrected chi connectivity index (χ3v) is 4.69. The van der Waals surface area contributed by atoms with E-state index in [4.69, 9.17) is 14.5 Å². The molecule has 21 heavy (non-hydrogen) atoms. The lowest BCUT2D eigenvalue weighted by atomic mass is 10.2. The van der Waals surface area contributed by atoms with Gasteiger partial charge in [0.25, 0.3) is 0 Å². The zero-order valence-corrected chi connectivity index (χ0v) is 16.4. The summed E-state index contributed by atoms with van der Waals surface area (Å²) in [5, 5.41) is 3.40. The summed E-state index contributed by atoms with van der Waals surface area (Å²) in [5.74, 6) is 2.16. The molecule has 0 aromatic carbocycles. The maximum Gasteiger partial charge on any atom is 0.194 e. The van der Waals surface area contributed by atoms with E-state index >= 15 is 0 Å². The molecule has 7 heteroatoms. The van der Waals surface area contributed by atoms with Crippen molar-refractivity contribution < 1.29 is 9.47 Å². The van der Waals surface area contributed by atoms with Gasteiger partial charge in [0, 0.05) is 30.1 Å². The van der Waals surface area contributed by atoms with Crippen LogP contribution < -0.4 is 5.32 Å². The third kappa shape index (κ3) is 6.50. The topological polar surface area (TPSA) is 46.1 Å². The fraction of sp³-hybridized carbons (Fsp3) is 0.929. The van der Waals surface area contributed by atoms with Gasteiger partial charge in [0.15, 0.2) is 5.96 Å². The molecule has 124 valence electrons. The maximum atomic E-state index is 5.65. The number of aliphatic imine (C=N–C) groups is 1. The van der Waals surface area contributed by atoms with Crippen molar-refractivity contribution in [2.45, 2.75) is 31.6 Å². The van der Waals surface area contributed by atoms with Crippen molar-refractivity contribution in [2.24, 2.45) is 4.99 Å². The van der Waals surface area contributed by atoms with Gasteiger partial charge in [-0.2, -0.15) is 11.8 Å². The first kappa shape index (κ1) is 19.3. The van der Waals surface area contributed by atoms with Crippen LogP contribution in [0.25, 0.3) is 0 Å². The van der Waals surface area contributed by atoms with E-state index in [1.165, 1.54) is 0 Å². The number of guanidine groups is 1. The van der Waals surface area contributed by atoms with Gasteiger partial charge in [0.1, 0.15) is 6.10 Å². The number of nitrogens with zero attached hydrogens (tertiary/aromatic N) is 2. The molecule has 0 saturated carbocycles. The lowest BCUT2D eigenvalue weighted by molar-refractivity contribution is -0.0833. The number of nitrogens with one attached hydrogen (secondary N) is 1. The lowest BCUT2D eigenvalue weighted by Crippen LogP contribution is -2.51. The molecule has 0 aromatic rings. The predicted octanol–water partition coefficient (Wildman–Crippen LogP) is 1.81. The van der Waals surface area contributed by atoms with Crippen LogP contribution in [-0.4, -0.2) is 73.5 Å². The van der Waals surface area contributed by atoms with Crippen LogP contribution in [0.3, 0.4) is 0 Å². The van der Waals surface area contributed by atoms with Crippen LogP contribution >= 0.6 is 35.7 Å². The Morgan fingerprint density at radius 1 is 1.43 bits per heavy atom. The molecule has 2 heterocycles. The van der Waals surface area contributed by atoms with Crippen LogP contribution in [0, 0.1) is 0 Å². The second kappa shape index (κ2) is 9.42. The Bertz CT molecular complexity index is 336. The molecule has 2 saturated heterocycles. The summed E-state index contributed by atoms with van der Waals surface area (Å²) < 4.78 is 11.4. The Labute approximate surface area is 149 Å². The molecule has 2 aliphatic heterocycles. The fourth-order valence-electron chi connectivity index (χ4n) is 2.45. The summed E-state index contributed by atoms with van der Waals surface area (Å²) in [6.07, 6.45) is 0.101. The maximum absolute atomic E-state index is 5.65. The molecule has 1 unspecified atom stereocenters. The summed E-state index contributed by atoms with van der Waals surface area (Å²) >= 11 is 2.04. The Balaban J connectivity index is 0.00000220. The van der Waals surface area contributed by atoms with Gasteiger partial charge < -0.3 is 19.7 Å². The van der Waals surface area contributed by atoms with E-state index in [1.807, 2.05) is 11.8 Å². The van der Waals surface area contributed by atoms with Crippen LogP contribution in [0.1, 0.15) is 20.8 Å². The van der Waals surface area contributed by atoms with Gasteiger partial charge in [-0.05, 0) is 20.8 Å². The van der Waals surface area contributed by atoms with Crippen molar-refractivity contribution in [2.75, 3.05) is 51.8 Å². The average molecular weight is 429 g/mol. The van der Waals surface area contributed by atoms with Crippen LogP contribution in [0.15, 0.2) is 4.99 Å². The molecule has 0 amide bonds. The minimum atomic E-state index is 0. The Morgan fingerprint density at radius 2 is 2.24 bits per heavy atom. The van der Waals surface area contributed by atoms with E-state index in [1.54, 1.807) is 0 Å². The second-order valence-electron chi connectivity index (χ2n) is 5.79. The number of hydrogen-bond acceptors (Lipinski definition) is 4. The molecule has 1 atom stereocenters. The van der Waals surface area contributed by atoms with E-state index in [0.717, 1.165) is 31.3 Å². The summed E-state index contributed by atoms with van der Waals surface area (Å²) in [6, 6.07) is 0. The lowest BCUT2D eigenvalue weighted by Gasteiger charge is -2.39. The van der Waals surface area contributed by atoms with Crippen LogP contribution in [0.2, 0.25) is 0 Å². The van der Waals surface area contributed by atoms with Crippen molar-refractivity contribution in [3.63, 3.8) is 0 Å². The zero-order valence-electron chi connectivity index (χ0n) is 13.3. The Hall–Kier alpha value is 0.270. The van der Waals surface area contributed by atoms with Crippen LogP contribution in [-0.2, 0) is 9.47 Å². The van der Waals surface area contributed by atoms with E-state index in [0.29, 0.717) is 31.1 Å². The number of hydrogen-bond donors (Lipinski definition) is 1. The summed E-state index contributed by atoms with van der Waals surface area (Å²) in [5.41, 5.74) is 0. The van der Waals surface area contributed by atoms with Gasteiger partial charge in [-0.1, -0.05) is 0 Å². The molecule has 2 fully saturated rings. The molecular weight excluding hydrogens is 401 g/mol. The van der Waals surface area contributed by atoms with E-state index < -0.39 is 0 Å². The molecule has 2 aliphatic rings. The van der Waals surface area contributed by atoms with E-state index in [-0.39, 0.29) is 30.1 Å². The smallest absolute Gasteiger partial charge is 0.194 e. The summed E-state index contributed by atoms with van der Waals surface area (Å²) in [6.45, 7) is 12.4. The van der Waals surface area contributed by atoms with Gasteiger partial charge in [-0.25, -0.2) is 0 Å². The van der Waals surface area contributed by atoms with E-state index in [9.17, 15) is 0 Å². The standard InChI is InChI=1S/C14H27N3O2S.HI/c1-4-15-13(16-9-12-10-18-6-7-19-12)17-5-8-20-14(2,3)11-17;/h12H,4-11H2,1-3H3,(H,15,16);1H. The van der Waals surface area contributed by atoms with Gasteiger partial charge in [0.2, 0.25) is 0 Å². The SMILES string of the molecule is CCNC(=NCC1COCCO1)N1CCSC(C)(C)C1.I. The van der Waals surface area contributed by atoms with Crippen molar-refractivity contribution in [1.29, 1.82) is 0 Å².